The average molecular weight is 404 g/mol. The van der Waals surface area contributed by atoms with Crippen LogP contribution in [0.15, 0.2) is 58.8 Å². The number of benzene rings is 1. The fraction of sp³-hybridized carbons (Fsp3) is 0.0556. The third-order valence-corrected chi connectivity index (χ3v) is 4.71. The topological polar surface area (TPSA) is 79.8 Å². The van der Waals surface area contributed by atoms with Crippen LogP contribution in [-0.4, -0.2) is 20.4 Å². The SMILES string of the molecule is O=C(Nc1nccs1)c1cc2ccc(=O)n(-c3ccc(C(F)(F)F)cc3)c2[nH]1. The molecule has 3 aromatic heterocycles. The van der Waals surface area contributed by atoms with Crippen LogP contribution < -0.4 is 10.9 Å². The molecule has 0 unspecified atom stereocenters. The number of aromatic nitrogens is 3. The number of hydrogen-bond donors (Lipinski definition) is 2. The number of rotatable bonds is 3. The molecule has 4 rings (SSSR count). The van der Waals surface area contributed by atoms with Crippen LogP contribution in [0, 0.1) is 0 Å². The zero-order valence-electron chi connectivity index (χ0n) is 13.9. The second-order valence-electron chi connectivity index (χ2n) is 5.83. The first kappa shape index (κ1) is 18.0. The molecule has 0 fully saturated rings. The minimum Gasteiger partial charge on any atom is -0.336 e. The third-order valence-electron chi connectivity index (χ3n) is 4.03. The van der Waals surface area contributed by atoms with E-state index in [0.29, 0.717) is 16.2 Å². The molecule has 10 heteroatoms. The number of alkyl halides is 3. The van der Waals surface area contributed by atoms with Gasteiger partial charge in [-0.05, 0) is 36.4 Å². The van der Waals surface area contributed by atoms with Crippen LogP contribution in [0.25, 0.3) is 16.7 Å². The van der Waals surface area contributed by atoms with E-state index < -0.39 is 23.2 Å². The lowest BCUT2D eigenvalue weighted by atomic mass is 10.2. The number of pyridine rings is 1. The van der Waals surface area contributed by atoms with Crippen molar-refractivity contribution in [3.05, 3.63) is 75.7 Å². The Kier molecular flexibility index (Phi) is 4.27. The highest BCUT2D eigenvalue weighted by Crippen LogP contribution is 2.30. The number of thiazole rings is 1. The van der Waals surface area contributed by atoms with Gasteiger partial charge in [0.15, 0.2) is 5.13 Å². The van der Waals surface area contributed by atoms with Crippen molar-refractivity contribution < 1.29 is 18.0 Å². The lowest BCUT2D eigenvalue weighted by Gasteiger charge is -2.10. The summed E-state index contributed by atoms with van der Waals surface area (Å²) < 4.78 is 39.6. The van der Waals surface area contributed by atoms with Gasteiger partial charge in [-0.3, -0.25) is 19.5 Å². The maximum atomic E-state index is 12.8. The normalized spacial score (nSPS) is 11.7. The van der Waals surface area contributed by atoms with Crippen LogP contribution in [0.2, 0.25) is 0 Å². The van der Waals surface area contributed by atoms with Gasteiger partial charge in [0.05, 0.1) is 11.3 Å². The fourth-order valence-electron chi connectivity index (χ4n) is 2.75. The van der Waals surface area contributed by atoms with Gasteiger partial charge in [0.1, 0.15) is 11.3 Å². The Morgan fingerprint density at radius 2 is 1.89 bits per heavy atom. The lowest BCUT2D eigenvalue weighted by molar-refractivity contribution is -0.137. The highest BCUT2D eigenvalue weighted by molar-refractivity contribution is 7.13. The number of amides is 1. The van der Waals surface area contributed by atoms with E-state index in [1.165, 1.54) is 40.2 Å². The maximum absolute atomic E-state index is 12.8. The van der Waals surface area contributed by atoms with E-state index in [-0.39, 0.29) is 11.4 Å². The first-order chi connectivity index (χ1) is 13.3. The van der Waals surface area contributed by atoms with Gasteiger partial charge in [-0.2, -0.15) is 13.2 Å². The third kappa shape index (κ3) is 3.29. The monoisotopic (exact) mass is 404 g/mol. The molecule has 1 amide bonds. The number of nitrogens with zero attached hydrogens (tertiary/aromatic N) is 2. The molecule has 28 heavy (non-hydrogen) atoms. The standard InChI is InChI=1S/C18H11F3N4O2S/c19-18(20,21)11-2-4-12(5-3-11)25-14(26)6-1-10-9-13(23-15(10)25)16(27)24-17-22-7-8-28-17/h1-9,23H,(H,22,24,27). The van der Waals surface area contributed by atoms with Crippen LogP contribution in [-0.2, 0) is 6.18 Å². The summed E-state index contributed by atoms with van der Waals surface area (Å²) in [6, 6.07) is 8.60. The molecule has 0 aliphatic rings. The summed E-state index contributed by atoms with van der Waals surface area (Å²) in [6.45, 7) is 0. The molecule has 0 saturated carbocycles. The van der Waals surface area contributed by atoms with Crippen molar-refractivity contribution in [2.75, 3.05) is 5.32 Å². The van der Waals surface area contributed by atoms with Crippen molar-refractivity contribution in [2.24, 2.45) is 0 Å². The summed E-state index contributed by atoms with van der Waals surface area (Å²) in [5, 5.41) is 5.31. The molecule has 0 aliphatic heterocycles. The van der Waals surface area contributed by atoms with E-state index in [4.69, 9.17) is 0 Å². The number of H-pyrrole nitrogens is 1. The zero-order valence-corrected chi connectivity index (χ0v) is 14.8. The Morgan fingerprint density at radius 3 is 2.54 bits per heavy atom. The molecule has 0 atom stereocenters. The smallest absolute Gasteiger partial charge is 0.336 e. The Labute approximate surface area is 159 Å². The first-order valence-corrected chi connectivity index (χ1v) is 8.84. The minimum atomic E-state index is -4.47. The second-order valence-corrected chi connectivity index (χ2v) is 6.72. The predicted octanol–water partition coefficient (Wildman–Crippen LogP) is 4.05. The Hall–Kier alpha value is -3.40. The average Bonchev–Trinajstić information content (AvgIpc) is 3.30. The summed E-state index contributed by atoms with van der Waals surface area (Å²) in [7, 11) is 0. The molecule has 1 aromatic carbocycles. The van der Waals surface area contributed by atoms with E-state index >= 15 is 0 Å². The molecule has 6 nitrogen and oxygen atoms in total. The van der Waals surface area contributed by atoms with Gasteiger partial charge < -0.3 is 4.98 Å². The Morgan fingerprint density at radius 1 is 1.14 bits per heavy atom. The van der Waals surface area contributed by atoms with Gasteiger partial charge >= 0.3 is 6.18 Å². The number of carbonyl (C=O) groups is 1. The van der Waals surface area contributed by atoms with Crippen molar-refractivity contribution in [3.63, 3.8) is 0 Å². The summed E-state index contributed by atoms with van der Waals surface area (Å²) in [4.78, 5) is 31.6. The van der Waals surface area contributed by atoms with Crippen LogP contribution in [0.5, 0.6) is 0 Å². The molecule has 0 aliphatic carbocycles. The summed E-state index contributed by atoms with van der Waals surface area (Å²) in [5.41, 5.74) is -0.516. The quantitative estimate of drug-likeness (QED) is 0.541. The zero-order chi connectivity index (χ0) is 19.9. The molecule has 3 heterocycles. The minimum absolute atomic E-state index is 0.191. The number of anilines is 1. The molecule has 0 spiro atoms. The van der Waals surface area contributed by atoms with Crippen LogP contribution >= 0.6 is 11.3 Å². The van der Waals surface area contributed by atoms with Crippen molar-refractivity contribution in [2.45, 2.75) is 6.18 Å². The van der Waals surface area contributed by atoms with Crippen LogP contribution in [0.4, 0.5) is 18.3 Å². The van der Waals surface area contributed by atoms with Crippen molar-refractivity contribution in [1.29, 1.82) is 0 Å². The molecule has 0 bridgehead atoms. The predicted molar refractivity (Wildman–Crippen MR) is 99.0 cm³/mol. The number of nitrogens with one attached hydrogen (secondary N) is 2. The van der Waals surface area contributed by atoms with E-state index in [1.54, 1.807) is 17.6 Å². The van der Waals surface area contributed by atoms with Crippen molar-refractivity contribution in [1.82, 2.24) is 14.5 Å². The molecular formula is C18H11F3N4O2S. The molecule has 4 aromatic rings. The highest BCUT2D eigenvalue weighted by atomic mass is 32.1. The highest BCUT2D eigenvalue weighted by Gasteiger charge is 2.30. The number of halogens is 3. The van der Waals surface area contributed by atoms with Gasteiger partial charge in [-0.25, -0.2) is 4.98 Å². The van der Waals surface area contributed by atoms with Gasteiger partial charge in [-0.1, -0.05) is 0 Å². The molecule has 142 valence electrons. The summed E-state index contributed by atoms with van der Waals surface area (Å²) in [6.07, 6.45) is -2.92. The molecule has 2 N–H and O–H groups in total. The number of carbonyl (C=O) groups excluding carboxylic acids is 1. The number of aromatic amines is 1. The number of fused-ring (bicyclic) bond motifs is 1. The van der Waals surface area contributed by atoms with E-state index in [2.05, 4.69) is 15.3 Å². The second kappa shape index (κ2) is 6.64. The van der Waals surface area contributed by atoms with E-state index in [9.17, 15) is 22.8 Å². The fourth-order valence-corrected chi connectivity index (χ4v) is 3.27. The van der Waals surface area contributed by atoms with Gasteiger partial charge in [0.25, 0.3) is 11.5 Å². The van der Waals surface area contributed by atoms with E-state index in [0.717, 1.165) is 12.1 Å². The van der Waals surface area contributed by atoms with E-state index in [1.807, 2.05) is 0 Å². The summed E-state index contributed by atoms with van der Waals surface area (Å²) >= 11 is 1.25. The van der Waals surface area contributed by atoms with Gasteiger partial charge in [0, 0.05) is 23.0 Å². The first-order valence-electron chi connectivity index (χ1n) is 7.96. The van der Waals surface area contributed by atoms with Crippen molar-refractivity contribution in [3.8, 4) is 5.69 Å². The molecule has 0 saturated heterocycles. The summed E-state index contributed by atoms with van der Waals surface area (Å²) in [5.74, 6) is -0.447. The Bertz CT molecular complexity index is 1210. The van der Waals surface area contributed by atoms with Crippen molar-refractivity contribution >= 4 is 33.4 Å². The largest absolute Gasteiger partial charge is 0.416 e. The number of hydrogen-bond acceptors (Lipinski definition) is 4. The van der Waals surface area contributed by atoms with Gasteiger partial charge in [-0.15, -0.1) is 11.3 Å². The van der Waals surface area contributed by atoms with Gasteiger partial charge in [0.2, 0.25) is 0 Å². The van der Waals surface area contributed by atoms with Crippen LogP contribution in [0.1, 0.15) is 16.1 Å². The molecule has 0 radical (unpaired) electrons. The maximum Gasteiger partial charge on any atom is 0.416 e. The Balaban J connectivity index is 1.76. The van der Waals surface area contributed by atoms with Crippen LogP contribution in [0.3, 0.4) is 0 Å². The lowest BCUT2D eigenvalue weighted by Crippen LogP contribution is -2.18. The molecular weight excluding hydrogens is 393 g/mol.